The summed E-state index contributed by atoms with van der Waals surface area (Å²) in [5.74, 6) is -0.686. The third-order valence-corrected chi connectivity index (χ3v) is 2.62. The van der Waals surface area contributed by atoms with Crippen molar-refractivity contribution in [3.05, 3.63) is 29.8 Å². The summed E-state index contributed by atoms with van der Waals surface area (Å²) in [5.41, 5.74) is 0.498. The first-order chi connectivity index (χ1) is 10.2. The SMILES string of the molecule is CCOC(=O)[C@H](O)Cc1ccccc1NC(=O)OC(C)(C)C. The Kier molecular flexibility index (Phi) is 6.37. The van der Waals surface area contributed by atoms with Crippen LogP contribution in [0.25, 0.3) is 0 Å². The number of nitrogens with one attached hydrogen (secondary N) is 1. The molecule has 0 saturated carbocycles. The third-order valence-electron chi connectivity index (χ3n) is 2.62. The molecule has 0 aromatic heterocycles. The number of aliphatic hydroxyl groups excluding tert-OH is 1. The molecule has 0 aliphatic rings. The van der Waals surface area contributed by atoms with Crippen molar-refractivity contribution in [1.29, 1.82) is 0 Å². The van der Waals surface area contributed by atoms with Gasteiger partial charge in [-0.05, 0) is 39.3 Å². The zero-order valence-corrected chi connectivity index (χ0v) is 13.4. The van der Waals surface area contributed by atoms with Crippen molar-refractivity contribution in [2.75, 3.05) is 11.9 Å². The molecule has 0 saturated heterocycles. The van der Waals surface area contributed by atoms with Crippen LogP contribution in [-0.4, -0.2) is 35.5 Å². The standard InChI is InChI=1S/C16H23NO5/c1-5-21-14(19)13(18)10-11-8-6-7-9-12(11)17-15(20)22-16(2,3)4/h6-9,13,18H,5,10H2,1-4H3,(H,17,20)/t13-/m1/s1. The summed E-state index contributed by atoms with van der Waals surface area (Å²) < 4.78 is 9.95. The van der Waals surface area contributed by atoms with E-state index in [1.165, 1.54) is 0 Å². The predicted octanol–water partition coefficient (Wildman–Crippen LogP) is 2.50. The van der Waals surface area contributed by atoms with E-state index >= 15 is 0 Å². The molecule has 1 rings (SSSR count). The second-order valence-electron chi connectivity index (χ2n) is 5.76. The van der Waals surface area contributed by atoms with E-state index < -0.39 is 23.8 Å². The minimum Gasteiger partial charge on any atom is -0.464 e. The molecule has 1 aromatic rings. The van der Waals surface area contributed by atoms with Crippen molar-refractivity contribution in [3.63, 3.8) is 0 Å². The molecule has 0 bridgehead atoms. The van der Waals surface area contributed by atoms with Crippen LogP contribution in [0.2, 0.25) is 0 Å². The molecule has 0 unspecified atom stereocenters. The molecule has 6 nitrogen and oxygen atoms in total. The molecule has 1 atom stereocenters. The summed E-state index contributed by atoms with van der Waals surface area (Å²) in [7, 11) is 0. The lowest BCUT2D eigenvalue weighted by Crippen LogP contribution is -2.28. The number of esters is 1. The second kappa shape index (κ2) is 7.79. The van der Waals surface area contributed by atoms with E-state index in [1.54, 1.807) is 52.0 Å². The van der Waals surface area contributed by atoms with Gasteiger partial charge in [-0.3, -0.25) is 5.32 Å². The molecule has 1 amide bonds. The Hall–Kier alpha value is -2.08. The fraction of sp³-hybridized carbons (Fsp3) is 0.500. The second-order valence-corrected chi connectivity index (χ2v) is 5.76. The molecular weight excluding hydrogens is 286 g/mol. The molecular formula is C16H23NO5. The van der Waals surface area contributed by atoms with Crippen molar-refractivity contribution in [3.8, 4) is 0 Å². The van der Waals surface area contributed by atoms with E-state index in [2.05, 4.69) is 5.32 Å². The molecule has 0 fully saturated rings. The quantitative estimate of drug-likeness (QED) is 0.816. The average Bonchev–Trinajstić information content (AvgIpc) is 2.39. The van der Waals surface area contributed by atoms with Crippen LogP contribution in [-0.2, 0) is 20.7 Å². The van der Waals surface area contributed by atoms with Crippen LogP contribution < -0.4 is 5.32 Å². The van der Waals surface area contributed by atoms with Gasteiger partial charge in [0.15, 0.2) is 6.10 Å². The molecule has 6 heteroatoms. The van der Waals surface area contributed by atoms with Gasteiger partial charge in [0, 0.05) is 12.1 Å². The maximum absolute atomic E-state index is 11.8. The van der Waals surface area contributed by atoms with Gasteiger partial charge in [-0.15, -0.1) is 0 Å². The zero-order chi connectivity index (χ0) is 16.8. The topological polar surface area (TPSA) is 84.9 Å². The minimum atomic E-state index is -1.28. The Bertz CT molecular complexity index is 522. The summed E-state index contributed by atoms with van der Waals surface area (Å²) in [5, 5.41) is 12.4. The highest BCUT2D eigenvalue weighted by Gasteiger charge is 2.20. The van der Waals surface area contributed by atoms with Gasteiger partial charge in [0.2, 0.25) is 0 Å². The minimum absolute atomic E-state index is 0.0464. The van der Waals surface area contributed by atoms with Crippen molar-refractivity contribution in [1.82, 2.24) is 0 Å². The predicted molar refractivity (Wildman–Crippen MR) is 82.6 cm³/mol. The largest absolute Gasteiger partial charge is 0.464 e. The van der Waals surface area contributed by atoms with Crippen LogP contribution >= 0.6 is 0 Å². The number of anilines is 1. The molecule has 0 aliphatic heterocycles. The highest BCUT2D eigenvalue weighted by Crippen LogP contribution is 2.19. The Morgan fingerprint density at radius 1 is 1.27 bits per heavy atom. The van der Waals surface area contributed by atoms with Crippen LogP contribution in [0, 0.1) is 0 Å². The number of hydrogen-bond donors (Lipinski definition) is 2. The highest BCUT2D eigenvalue weighted by atomic mass is 16.6. The molecule has 0 radical (unpaired) electrons. The molecule has 122 valence electrons. The lowest BCUT2D eigenvalue weighted by atomic mass is 10.1. The number of amides is 1. The summed E-state index contributed by atoms with van der Waals surface area (Å²) >= 11 is 0. The lowest BCUT2D eigenvalue weighted by molar-refractivity contribution is -0.152. The lowest BCUT2D eigenvalue weighted by Gasteiger charge is -2.20. The molecule has 0 spiro atoms. The van der Waals surface area contributed by atoms with Crippen LogP contribution in [0.3, 0.4) is 0 Å². The van der Waals surface area contributed by atoms with Gasteiger partial charge in [0.1, 0.15) is 5.60 Å². The van der Waals surface area contributed by atoms with Gasteiger partial charge < -0.3 is 14.6 Å². The summed E-state index contributed by atoms with van der Waals surface area (Å²) in [6, 6.07) is 6.90. The third kappa shape index (κ3) is 6.13. The molecule has 22 heavy (non-hydrogen) atoms. The van der Waals surface area contributed by atoms with Crippen molar-refractivity contribution in [2.24, 2.45) is 0 Å². The fourth-order valence-electron chi connectivity index (χ4n) is 1.76. The van der Waals surface area contributed by atoms with Crippen LogP contribution in [0.4, 0.5) is 10.5 Å². The van der Waals surface area contributed by atoms with Crippen molar-refractivity contribution >= 4 is 17.7 Å². The van der Waals surface area contributed by atoms with Gasteiger partial charge in [-0.1, -0.05) is 18.2 Å². The van der Waals surface area contributed by atoms with E-state index in [-0.39, 0.29) is 13.0 Å². The Morgan fingerprint density at radius 2 is 1.91 bits per heavy atom. The van der Waals surface area contributed by atoms with E-state index in [1.807, 2.05) is 0 Å². The normalized spacial score (nSPS) is 12.4. The monoisotopic (exact) mass is 309 g/mol. The number of ether oxygens (including phenoxy) is 2. The first-order valence-corrected chi connectivity index (χ1v) is 7.15. The van der Waals surface area contributed by atoms with Crippen molar-refractivity contribution in [2.45, 2.75) is 45.8 Å². The number of hydrogen-bond acceptors (Lipinski definition) is 5. The zero-order valence-electron chi connectivity index (χ0n) is 13.4. The summed E-state index contributed by atoms with van der Waals surface area (Å²) in [6.45, 7) is 7.17. The van der Waals surface area contributed by atoms with Gasteiger partial charge in [0.25, 0.3) is 0 Å². The maximum Gasteiger partial charge on any atom is 0.412 e. The van der Waals surface area contributed by atoms with Gasteiger partial charge in [-0.2, -0.15) is 0 Å². The fourth-order valence-corrected chi connectivity index (χ4v) is 1.76. The number of para-hydroxylation sites is 1. The Labute approximate surface area is 130 Å². The van der Waals surface area contributed by atoms with Crippen LogP contribution in [0.1, 0.15) is 33.3 Å². The van der Waals surface area contributed by atoms with Gasteiger partial charge in [0.05, 0.1) is 6.61 Å². The van der Waals surface area contributed by atoms with Crippen LogP contribution in [0.15, 0.2) is 24.3 Å². The Balaban J connectivity index is 2.77. The number of benzene rings is 1. The first kappa shape index (κ1) is 18.0. The van der Waals surface area contributed by atoms with Crippen LogP contribution in [0.5, 0.6) is 0 Å². The van der Waals surface area contributed by atoms with E-state index in [9.17, 15) is 14.7 Å². The maximum atomic E-state index is 11.8. The van der Waals surface area contributed by atoms with Crippen molar-refractivity contribution < 1.29 is 24.2 Å². The summed E-state index contributed by atoms with van der Waals surface area (Å²) in [6.07, 6.45) is -1.82. The molecule has 1 aromatic carbocycles. The number of carbonyl (C=O) groups is 2. The number of carbonyl (C=O) groups excluding carboxylic acids is 2. The smallest absolute Gasteiger partial charge is 0.412 e. The average molecular weight is 309 g/mol. The molecule has 0 heterocycles. The van der Waals surface area contributed by atoms with E-state index in [0.717, 1.165) is 0 Å². The molecule has 0 aliphatic carbocycles. The molecule has 2 N–H and O–H groups in total. The van der Waals surface area contributed by atoms with E-state index in [4.69, 9.17) is 9.47 Å². The number of rotatable bonds is 5. The Morgan fingerprint density at radius 3 is 2.50 bits per heavy atom. The van der Waals surface area contributed by atoms with Gasteiger partial charge >= 0.3 is 12.1 Å². The first-order valence-electron chi connectivity index (χ1n) is 7.15. The summed E-state index contributed by atoms with van der Waals surface area (Å²) in [4.78, 5) is 23.3. The van der Waals surface area contributed by atoms with Gasteiger partial charge in [-0.25, -0.2) is 9.59 Å². The highest BCUT2D eigenvalue weighted by molar-refractivity contribution is 5.86. The van der Waals surface area contributed by atoms with E-state index in [0.29, 0.717) is 11.3 Å². The number of aliphatic hydroxyl groups is 1.